The number of amides is 1. The predicted molar refractivity (Wildman–Crippen MR) is 95.3 cm³/mol. The number of benzene rings is 1. The molecule has 130 valence electrons. The number of rotatable bonds is 6. The molecule has 1 aromatic carbocycles. The number of thiophene rings is 1. The predicted octanol–water partition coefficient (Wildman–Crippen LogP) is 3.66. The maximum Gasteiger partial charge on any atom is 0.273 e. The molecule has 25 heavy (non-hydrogen) atoms. The van der Waals surface area contributed by atoms with Crippen LogP contribution in [-0.2, 0) is 6.54 Å². The van der Waals surface area contributed by atoms with Crippen LogP contribution in [0.25, 0.3) is 11.5 Å². The topological polar surface area (TPSA) is 73.6 Å². The van der Waals surface area contributed by atoms with Crippen LogP contribution >= 0.6 is 11.3 Å². The van der Waals surface area contributed by atoms with Crippen molar-refractivity contribution in [3.63, 3.8) is 0 Å². The molecule has 0 spiro atoms. The molecule has 1 N–H and O–H groups in total. The molecule has 0 aliphatic heterocycles. The van der Waals surface area contributed by atoms with Crippen LogP contribution in [-0.4, -0.2) is 25.1 Å². The molecule has 0 unspecified atom stereocenters. The maximum atomic E-state index is 12.4. The molecule has 2 aromatic heterocycles. The summed E-state index contributed by atoms with van der Waals surface area (Å²) in [6.45, 7) is 2.19. The van der Waals surface area contributed by atoms with E-state index in [4.69, 9.17) is 13.9 Å². The fourth-order valence-electron chi connectivity index (χ4n) is 2.36. The Morgan fingerprint density at radius 3 is 2.72 bits per heavy atom. The van der Waals surface area contributed by atoms with Gasteiger partial charge in [0.05, 0.1) is 20.8 Å². The summed E-state index contributed by atoms with van der Waals surface area (Å²) in [6.07, 6.45) is 0. The Morgan fingerprint density at radius 2 is 2.04 bits per heavy atom. The van der Waals surface area contributed by atoms with Gasteiger partial charge in [0.1, 0.15) is 5.76 Å². The molecule has 0 saturated carbocycles. The highest BCUT2D eigenvalue weighted by atomic mass is 32.1. The van der Waals surface area contributed by atoms with Crippen molar-refractivity contribution >= 4 is 17.2 Å². The van der Waals surface area contributed by atoms with Crippen molar-refractivity contribution in [2.75, 3.05) is 14.2 Å². The van der Waals surface area contributed by atoms with Crippen LogP contribution in [0, 0.1) is 6.92 Å². The normalized spacial score (nSPS) is 10.5. The highest BCUT2D eigenvalue weighted by molar-refractivity contribution is 7.09. The molecule has 3 aromatic rings. The summed E-state index contributed by atoms with van der Waals surface area (Å²) < 4.78 is 16.2. The van der Waals surface area contributed by atoms with Crippen molar-refractivity contribution in [2.24, 2.45) is 0 Å². The molecule has 3 rings (SSSR count). The molecule has 0 atom stereocenters. The fourth-order valence-corrected chi connectivity index (χ4v) is 3.01. The molecule has 6 nitrogen and oxygen atoms in total. The average Bonchev–Trinajstić information content (AvgIpc) is 3.28. The smallest absolute Gasteiger partial charge is 0.273 e. The van der Waals surface area contributed by atoms with Gasteiger partial charge < -0.3 is 19.2 Å². The number of oxazole rings is 1. The highest BCUT2D eigenvalue weighted by Gasteiger charge is 2.19. The van der Waals surface area contributed by atoms with E-state index in [1.165, 1.54) is 0 Å². The van der Waals surface area contributed by atoms with Gasteiger partial charge in [-0.25, -0.2) is 4.98 Å². The van der Waals surface area contributed by atoms with Gasteiger partial charge in [-0.15, -0.1) is 11.3 Å². The number of hydrogen-bond acceptors (Lipinski definition) is 6. The molecule has 0 aliphatic carbocycles. The van der Waals surface area contributed by atoms with Crippen LogP contribution < -0.4 is 14.8 Å². The Balaban J connectivity index is 1.81. The van der Waals surface area contributed by atoms with E-state index in [9.17, 15) is 4.79 Å². The molecule has 0 fully saturated rings. The second kappa shape index (κ2) is 7.40. The molecular weight excluding hydrogens is 340 g/mol. The maximum absolute atomic E-state index is 12.4. The van der Waals surface area contributed by atoms with Gasteiger partial charge >= 0.3 is 0 Å². The van der Waals surface area contributed by atoms with Crippen molar-refractivity contribution in [3.05, 3.63) is 52.0 Å². The third kappa shape index (κ3) is 3.66. The lowest BCUT2D eigenvalue weighted by Gasteiger charge is -2.07. The van der Waals surface area contributed by atoms with Gasteiger partial charge in [0.15, 0.2) is 17.2 Å². The highest BCUT2D eigenvalue weighted by Crippen LogP contribution is 2.32. The minimum absolute atomic E-state index is 0.263. The molecule has 1 amide bonds. The Kier molecular flexibility index (Phi) is 5.04. The summed E-state index contributed by atoms with van der Waals surface area (Å²) in [5.74, 6) is 1.75. The Hall–Kier alpha value is -2.80. The molecule has 7 heteroatoms. The van der Waals surface area contributed by atoms with Crippen molar-refractivity contribution in [2.45, 2.75) is 13.5 Å². The monoisotopic (exact) mass is 358 g/mol. The lowest BCUT2D eigenvalue weighted by atomic mass is 10.2. The van der Waals surface area contributed by atoms with Crippen LogP contribution in [0.15, 0.2) is 40.1 Å². The minimum Gasteiger partial charge on any atom is -0.493 e. The van der Waals surface area contributed by atoms with Gasteiger partial charge in [0.25, 0.3) is 5.91 Å². The summed E-state index contributed by atoms with van der Waals surface area (Å²) in [7, 11) is 3.13. The second-order valence-electron chi connectivity index (χ2n) is 5.26. The SMILES string of the molecule is COc1ccc(-c2nc(C(=O)NCc3cccs3)c(C)o2)cc1OC. The molecule has 0 aliphatic rings. The van der Waals surface area contributed by atoms with Crippen molar-refractivity contribution in [1.29, 1.82) is 0 Å². The number of ether oxygens (including phenoxy) is 2. The number of carbonyl (C=O) groups is 1. The van der Waals surface area contributed by atoms with Crippen LogP contribution in [0.1, 0.15) is 21.1 Å². The second-order valence-corrected chi connectivity index (χ2v) is 6.29. The first-order valence-electron chi connectivity index (χ1n) is 7.62. The van der Waals surface area contributed by atoms with Crippen molar-refractivity contribution in [1.82, 2.24) is 10.3 Å². The zero-order chi connectivity index (χ0) is 17.8. The first-order valence-corrected chi connectivity index (χ1v) is 8.50. The van der Waals surface area contributed by atoms with Gasteiger partial charge in [0.2, 0.25) is 5.89 Å². The zero-order valence-electron chi connectivity index (χ0n) is 14.2. The standard InChI is InChI=1S/C18H18N2O4S/c1-11-16(17(21)19-10-13-5-4-8-25-13)20-18(24-11)12-6-7-14(22-2)15(9-12)23-3/h4-9H,10H2,1-3H3,(H,19,21). The summed E-state index contributed by atoms with van der Waals surface area (Å²) in [5, 5.41) is 4.82. The fraction of sp³-hybridized carbons (Fsp3) is 0.222. The number of hydrogen-bond donors (Lipinski definition) is 1. The summed E-state index contributed by atoms with van der Waals surface area (Å²) in [5.41, 5.74) is 0.986. The van der Waals surface area contributed by atoms with Crippen molar-refractivity contribution < 1.29 is 18.7 Å². The van der Waals surface area contributed by atoms with E-state index in [0.29, 0.717) is 35.3 Å². The van der Waals surface area contributed by atoms with Crippen LogP contribution in [0.4, 0.5) is 0 Å². The Morgan fingerprint density at radius 1 is 1.24 bits per heavy atom. The number of nitrogens with one attached hydrogen (secondary N) is 1. The largest absolute Gasteiger partial charge is 0.493 e. The number of carbonyl (C=O) groups excluding carboxylic acids is 1. The van der Waals surface area contributed by atoms with Gasteiger partial charge in [-0.3, -0.25) is 4.79 Å². The van der Waals surface area contributed by atoms with E-state index >= 15 is 0 Å². The van der Waals surface area contributed by atoms with E-state index in [-0.39, 0.29) is 11.6 Å². The number of nitrogens with zero attached hydrogens (tertiary/aromatic N) is 1. The van der Waals surface area contributed by atoms with Gasteiger partial charge in [-0.05, 0) is 36.6 Å². The third-order valence-electron chi connectivity index (χ3n) is 3.65. The van der Waals surface area contributed by atoms with E-state index in [2.05, 4.69) is 10.3 Å². The first kappa shape index (κ1) is 17.0. The number of aromatic nitrogens is 1. The van der Waals surface area contributed by atoms with Crippen LogP contribution in [0.3, 0.4) is 0 Å². The Bertz CT molecular complexity index is 871. The summed E-state index contributed by atoms with van der Waals surface area (Å²) >= 11 is 1.59. The number of methoxy groups -OCH3 is 2. The first-order chi connectivity index (χ1) is 12.1. The third-order valence-corrected chi connectivity index (χ3v) is 4.52. The summed E-state index contributed by atoms with van der Waals surface area (Å²) in [4.78, 5) is 17.8. The van der Waals surface area contributed by atoms with Gasteiger partial charge in [-0.1, -0.05) is 6.07 Å². The van der Waals surface area contributed by atoms with Gasteiger partial charge in [0, 0.05) is 10.4 Å². The number of aryl methyl sites for hydroxylation is 1. The molecular formula is C18H18N2O4S. The zero-order valence-corrected chi connectivity index (χ0v) is 15.0. The van der Waals surface area contributed by atoms with E-state index in [0.717, 1.165) is 4.88 Å². The lowest BCUT2D eigenvalue weighted by Crippen LogP contribution is -2.23. The van der Waals surface area contributed by atoms with E-state index < -0.39 is 0 Å². The Labute approximate surface area is 149 Å². The molecule has 0 bridgehead atoms. The van der Waals surface area contributed by atoms with Gasteiger partial charge in [-0.2, -0.15) is 0 Å². The van der Waals surface area contributed by atoms with Crippen LogP contribution in [0.2, 0.25) is 0 Å². The summed E-state index contributed by atoms with van der Waals surface area (Å²) in [6, 6.07) is 9.25. The van der Waals surface area contributed by atoms with Crippen molar-refractivity contribution in [3.8, 4) is 23.0 Å². The lowest BCUT2D eigenvalue weighted by molar-refractivity contribution is 0.0945. The molecule has 0 radical (unpaired) electrons. The molecule has 2 heterocycles. The van der Waals surface area contributed by atoms with Crippen LogP contribution in [0.5, 0.6) is 11.5 Å². The van der Waals surface area contributed by atoms with E-state index in [1.54, 1.807) is 50.7 Å². The van der Waals surface area contributed by atoms with E-state index in [1.807, 2.05) is 17.5 Å². The quantitative estimate of drug-likeness (QED) is 0.728. The minimum atomic E-state index is -0.263. The molecule has 0 saturated heterocycles. The average molecular weight is 358 g/mol.